The van der Waals surface area contributed by atoms with Crippen LogP contribution in [0.4, 0.5) is 11.6 Å². The van der Waals surface area contributed by atoms with Crippen LogP contribution in [0.2, 0.25) is 0 Å². The van der Waals surface area contributed by atoms with Crippen molar-refractivity contribution >= 4 is 34.5 Å². The number of carbonyl (C=O) groups is 2. The lowest BCUT2D eigenvalue weighted by atomic mass is 10.1. The second-order valence-corrected chi connectivity index (χ2v) is 6.66. The van der Waals surface area contributed by atoms with Crippen molar-refractivity contribution in [2.45, 2.75) is 6.42 Å². The monoisotopic (exact) mass is 376 g/mol. The van der Waals surface area contributed by atoms with Gasteiger partial charge in [-0.15, -0.1) is 0 Å². The number of nitrogens with zero attached hydrogens (tertiary/aromatic N) is 4. The molecule has 7 nitrogen and oxygen atoms in total. The van der Waals surface area contributed by atoms with Gasteiger partial charge in [-0.25, -0.2) is 14.8 Å². The Bertz CT molecular complexity index is 1050. The van der Waals surface area contributed by atoms with Crippen LogP contribution < -0.4 is 9.80 Å². The van der Waals surface area contributed by atoms with Crippen molar-refractivity contribution in [1.29, 1.82) is 0 Å². The second-order valence-electron chi connectivity index (χ2n) is 6.66. The van der Waals surface area contributed by atoms with Crippen LogP contribution >= 0.6 is 0 Å². The second kappa shape index (κ2) is 7.26. The molecule has 4 rings (SSSR count). The van der Waals surface area contributed by atoms with Gasteiger partial charge in [-0.05, 0) is 42.8 Å². The quantitative estimate of drug-likeness (QED) is 0.640. The number of anilines is 2. The van der Waals surface area contributed by atoms with E-state index in [1.54, 1.807) is 29.2 Å². The summed E-state index contributed by atoms with van der Waals surface area (Å²) in [6.07, 6.45) is 0.802. The fourth-order valence-electron chi connectivity index (χ4n) is 3.32. The van der Waals surface area contributed by atoms with Crippen LogP contribution in [-0.2, 0) is 4.74 Å². The highest BCUT2D eigenvalue weighted by Gasteiger charge is 2.27. The lowest BCUT2D eigenvalue weighted by molar-refractivity contribution is 0.0600. The molecule has 0 N–H and O–H groups in total. The zero-order valence-corrected chi connectivity index (χ0v) is 15.8. The van der Waals surface area contributed by atoms with Crippen molar-refractivity contribution in [3.8, 4) is 0 Å². The summed E-state index contributed by atoms with van der Waals surface area (Å²) in [5, 5.41) is 0. The number of hydrogen-bond acceptors (Lipinski definition) is 6. The van der Waals surface area contributed by atoms with E-state index in [0.29, 0.717) is 29.3 Å². The molecule has 1 aromatic heterocycles. The van der Waals surface area contributed by atoms with E-state index in [1.165, 1.54) is 7.11 Å². The zero-order chi connectivity index (χ0) is 19.7. The summed E-state index contributed by atoms with van der Waals surface area (Å²) < 4.78 is 4.71. The third-order valence-corrected chi connectivity index (χ3v) is 4.83. The van der Waals surface area contributed by atoms with Crippen LogP contribution in [0.25, 0.3) is 11.0 Å². The first-order valence-electron chi connectivity index (χ1n) is 9.06. The van der Waals surface area contributed by atoms with Crippen LogP contribution in [-0.4, -0.2) is 49.1 Å². The zero-order valence-electron chi connectivity index (χ0n) is 15.8. The summed E-state index contributed by atoms with van der Waals surface area (Å²) in [4.78, 5) is 38.0. The van der Waals surface area contributed by atoms with Gasteiger partial charge in [0.05, 0.1) is 23.7 Å². The van der Waals surface area contributed by atoms with Crippen LogP contribution in [0.5, 0.6) is 0 Å². The fourth-order valence-corrected chi connectivity index (χ4v) is 3.32. The highest BCUT2D eigenvalue weighted by molar-refractivity contribution is 6.08. The Morgan fingerprint density at radius 2 is 1.50 bits per heavy atom. The van der Waals surface area contributed by atoms with Gasteiger partial charge in [-0.2, -0.15) is 0 Å². The molecule has 3 aromatic rings. The highest BCUT2D eigenvalue weighted by atomic mass is 16.5. The Labute approximate surface area is 162 Å². The van der Waals surface area contributed by atoms with Crippen molar-refractivity contribution in [3.63, 3.8) is 0 Å². The third kappa shape index (κ3) is 3.15. The molecule has 0 radical (unpaired) electrons. The fraction of sp³-hybridized carbons (Fsp3) is 0.238. The lowest BCUT2D eigenvalue weighted by Crippen LogP contribution is -2.32. The Balaban J connectivity index is 1.75. The normalized spacial score (nSPS) is 13.8. The molecule has 1 aliphatic heterocycles. The summed E-state index contributed by atoms with van der Waals surface area (Å²) in [6.45, 7) is 1.33. The molecule has 0 saturated carbocycles. The van der Waals surface area contributed by atoms with Gasteiger partial charge in [0.15, 0.2) is 11.6 Å². The maximum absolute atomic E-state index is 13.2. The summed E-state index contributed by atoms with van der Waals surface area (Å²) in [6, 6.07) is 14.1. The Kier molecular flexibility index (Phi) is 4.65. The minimum atomic E-state index is -0.432. The predicted octanol–water partition coefficient (Wildman–Crippen LogP) is 2.90. The summed E-state index contributed by atoms with van der Waals surface area (Å²) in [5.74, 6) is 0.645. The van der Waals surface area contributed by atoms with Crippen molar-refractivity contribution < 1.29 is 14.3 Å². The summed E-state index contributed by atoms with van der Waals surface area (Å²) >= 11 is 0. The Hall–Kier alpha value is -3.48. The first-order valence-corrected chi connectivity index (χ1v) is 9.06. The van der Waals surface area contributed by atoms with Crippen LogP contribution in [0.3, 0.4) is 0 Å². The van der Waals surface area contributed by atoms with Crippen molar-refractivity contribution in [3.05, 3.63) is 59.7 Å². The minimum absolute atomic E-state index is 0.169. The third-order valence-electron chi connectivity index (χ3n) is 4.83. The molecular weight excluding hydrogens is 356 g/mol. The molecule has 1 aliphatic rings. The molecule has 142 valence electrons. The predicted molar refractivity (Wildman–Crippen MR) is 107 cm³/mol. The number of rotatable bonds is 2. The van der Waals surface area contributed by atoms with Crippen LogP contribution in [0, 0.1) is 0 Å². The molecule has 0 spiro atoms. The first-order chi connectivity index (χ1) is 13.6. The average molecular weight is 376 g/mol. The maximum atomic E-state index is 13.2. The molecule has 2 aromatic carbocycles. The van der Waals surface area contributed by atoms with Gasteiger partial charge in [-0.3, -0.25) is 9.69 Å². The molecule has 0 atom stereocenters. The number of hydrogen-bond donors (Lipinski definition) is 0. The number of benzene rings is 2. The maximum Gasteiger partial charge on any atom is 0.337 e. The van der Waals surface area contributed by atoms with Gasteiger partial charge in [0.2, 0.25) is 0 Å². The minimum Gasteiger partial charge on any atom is -0.465 e. The SMILES string of the molecule is COC(=O)c1ccc(C(=O)N2CCCN(C)c3nc4ccccc4nc32)cc1. The number of fused-ring (bicyclic) bond motifs is 2. The topological polar surface area (TPSA) is 75.6 Å². The summed E-state index contributed by atoms with van der Waals surface area (Å²) in [7, 11) is 3.29. The molecule has 0 saturated heterocycles. The number of aromatic nitrogens is 2. The number of amides is 1. The van der Waals surface area contributed by atoms with E-state index in [1.807, 2.05) is 36.2 Å². The Morgan fingerprint density at radius 1 is 0.893 bits per heavy atom. The number of methoxy groups -OCH3 is 1. The first kappa shape index (κ1) is 17.9. The van der Waals surface area contributed by atoms with Gasteiger partial charge < -0.3 is 9.64 Å². The highest BCUT2D eigenvalue weighted by Crippen LogP contribution is 2.31. The number of para-hydroxylation sites is 2. The molecule has 28 heavy (non-hydrogen) atoms. The van der Waals surface area contributed by atoms with Gasteiger partial charge in [0.1, 0.15) is 0 Å². The van der Waals surface area contributed by atoms with Crippen molar-refractivity contribution in [2.75, 3.05) is 37.0 Å². The van der Waals surface area contributed by atoms with Gasteiger partial charge in [0, 0.05) is 25.7 Å². The number of esters is 1. The number of carbonyl (C=O) groups excluding carboxylic acids is 2. The molecular formula is C21H20N4O3. The van der Waals surface area contributed by atoms with Crippen molar-refractivity contribution in [1.82, 2.24) is 9.97 Å². The summed E-state index contributed by atoms with van der Waals surface area (Å²) in [5.41, 5.74) is 2.43. The van der Waals surface area contributed by atoms with Gasteiger partial charge >= 0.3 is 5.97 Å². The van der Waals surface area contributed by atoms with Crippen LogP contribution in [0.1, 0.15) is 27.1 Å². The molecule has 7 heteroatoms. The van der Waals surface area contributed by atoms with Gasteiger partial charge in [0.25, 0.3) is 5.91 Å². The van der Waals surface area contributed by atoms with E-state index in [4.69, 9.17) is 14.7 Å². The standard InChI is InChI=1S/C21H20N4O3/c1-24-12-5-13-25(19-18(24)22-16-6-3-4-7-17(16)23-19)20(26)14-8-10-15(11-9-14)21(27)28-2/h3-4,6-11H,5,12-13H2,1-2H3. The smallest absolute Gasteiger partial charge is 0.337 e. The van der Waals surface area contributed by atoms with E-state index in [-0.39, 0.29) is 5.91 Å². The van der Waals surface area contributed by atoms with Crippen molar-refractivity contribution in [2.24, 2.45) is 0 Å². The van der Waals surface area contributed by atoms with Crippen LogP contribution in [0.15, 0.2) is 48.5 Å². The molecule has 0 bridgehead atoms. The molecule has 0 unspecified atom stereocenters. The molecule has 1 amide bonds. The Morgan fingerprint density at radius 3 is 2.14 bits per heavy atom. The molecule has 0 fully saturated rings. The average Bonchev–Trinajstić information content (AvgIpc) is 2.90. The van der Waals surface area contributed by atoms with Gasteiger partial charge in [-0.1, -0.05) is 12.1 Å². The lowest BCUT2D eigenvalue weighted by Gasteiger charge is -2.23. The number of ether oxygens (including phenoxy) is 1. The van der Waals surface area contributed by atoms with E-state index < -0.39 is 5.97 Å². The van der Waals surface area contributed by atoms with E-state index in [2.05, 4.69) is 0 Å². The van der Waals surface area contributed by atoms with E-state index in [9.17, 15) is 9.59 Å². The van der Waals surface area contributed by atoms with E-state index >= 15 is 0 Å². The molecule has 2 heterocycles. The van der Waals surface area contributed by atoms with E-state index in [0.717, 1.165) is 24.0 Å². The largest absolute Gasteiger partial charge is 0.465 e. The molecule has 0 aliphatic carbocycles.